The van der Waals surface area contributed by atoms with Crippen LogP contribution in [0.15, 0.2) is 29.4 Å². The van der Waals surface area contributed by atoms with Gasteiger partial charge in [-0.25, -0.2) is 9.47 Å². The summed E-state index contributed by atoms with van der Waals surface area (Å²) in [5.41, 5.74) is 1.56. The number of ether oxygens (including phenoxy) is 1. The van der Waals surface area contributed by atoms with Crippen molar-refractivity contribution >= 4 is 17.7 Å². The molecule has 1 fully saturated rings. The lowest BCUT2D eigenvalue weighted by molar-refractivity contribution is 0.0600. The minimum Gasteiger partial charge on any atom is -0.465 e. The fourth-order valence-electron chi connectivity index (χ4n) is 2.06. The third-order valence-corrected chi connectivity index (χ3v) is 4.36. The van der Waals surface area contributed by atoms with Gasteiger partial charge in [0.05, 0.1) is 12.7 Å². The largest absolute Gasteiger partial charge is 0.465 e. The molecule has 110 valence electrons. The topological polar surface area (TPSA) is 83.0 Å². The predicted molar refractivity (Wildman–Crippen MR) is 79.5 cm³/mol. The number of rotatable bonds is 5. The lowest BCUT2D eigenvalue weighted by Crippen LogP contribution is -2.13. The molecule has 6 nitrogen and oxygen atoms in total. The molecule has 0 saturated heterocycles. The Balaban J connectivity index is 1.68. The molecule has 0 atom stereocenters. The average Bonchev–Trinajstić information content (AvgIpc) is 3.29. The van der Waals surface area contributed by atoms with Gasteiger partial charge in [0.25, 0.3) is 0 Å². The van der Waals surface area contributed by atoms with Gasteiger partial charge in [-0.15, -0.1) is 10.2 Å². The predicted octanol–water partition coefficient (Wildman–Crippen LogP) is 1.95. The van der Waals surface area contributed by atoms with E-state index >= 15 is 0 Å². The van der Waals surface area contributed by atoms with Crippen molar-refractivity contribution < 1.29 is 9.53 Å². The van der Waals surface area contributed by atoms with E-state index in [1.807, 2.05) is 18.2 Å². The molecule has 0 amide bonds. The number of nitrogens with zero attached hydrogens (tertiary/aromatic N) is 3. The zero-order valence-corrected chi connectivity index (χ0v) is 12.5. The van der Waals surface area contributed by atoms with Gasteiger partial charge in [-0.3, -0.25) is 0 Å². The average molecular weight is 304 g/mol. The second-order valence-electron chi connectivity index (χ2n) is 4.97. The number of aromatic nitrogens is 3. The Morgan fingerprint density at radius 1 is 1.48 bits per heavy atom. The zero-order valence-electron chi connectivity index (χ0n) is 11.7. The van der Waals surface area contributed by atoms with Crippen LogP contribution in [0.25, 0.3) is 0 Å². The van der Waals surface area contributed by atoms with Gasteiger partial charge in [0.2, 0.25) is 5.16 Å². The Morgan fingerprint density at radius 2 is 2.29 bits per heavy atom. The van der Waals surface area contributed by atoms with Crippen molar-refractivity contribution in [2.24, 2.45) is 0 Å². The molecule has 7 heteroatoms. The molecule has 21 heavy (non-hydrogen) atoms. The molecule has 1 heterocycles. The minimum absolute atomic E-state index is 0.333. The van der Waals surface area contributed by atoms with Crippen molar-refractivity contribution in [1.82, 2.24) is 14.9 Å². The van der Waals surface area contributed by atoms with E-state index in [1.165, 1.54) is 18.9 Å². The summed E-state index contributed by atoms with van der Waals surface area (Å²) >= 11 is 1.51. The summed E-state index contributed by atoms with van der Waals surface area (Å²) in [5, 5.41) is 8.96. The van der Waals surface area contributed by atoms with Gasteiger partial charge in [0, 0.05) is 11.7 Å². The molecule has 1 aromatic heterocycles. The molecule has 1 aliphatic carbocycles. The van der Waals surface area contributed by atoms with Crippen molar-refractivity contribution in [3.8, 4) is 0 Å². The highest BCUT2D eigenvalue weighted by molar-refractivity contribution is 7.98. The van der Waals surface area contributed by atoms with Crippen molar-refractivity contribution in [3.63, 3.8) is 0 Å². The van der Waals surface area contributed by atoms with Crippen molar-refractivity contribution in [2.75, 3.05) is 13.0 Å². The number of esters is 1. The second kappa shape index (κ2) is 5.77. The van der Waals surface area contributed by atoms with Crippen molar-refractivity contribution in [2.45, 2.75) is 29.7 Å². The van der Waals surface area contributed by atoms with Crippen LogP contribution in [0.5, 0.6) is 0 Å². The van der Waals surface area contributed by atoms with Crippen LogP contribution in [-0.4, -0.2) is 28.0 Å². The first-order valence-corrected chi connectivity index (χ1v) is 7.68. The Hall–Kier alpha value is -2.02. The van der Waals surface area contributed by atoms with Crippen molar-refractivity contribution in [3.05, 3.63) is 41.2 Å². The van der Waals surface area contributed by atoms with E-state index in [4.69, 9.17) is 10.6 Å². The summed E-state index contributed by atoms with van der Waals surface area (Å²) in [6.07, 6.45) is 2.28. The number of benzene rings is 1. The number of carbonyl (C=O) groups is 1. The van der Waals surface area contributed by atoms with E-state index in [-0.39, 0.29) is 5.97 Å². The van der Waals surface area contributed by atoms with Crippen LogP contribution in [0.3, 0.4) is 0 Å². The van der Waals surface area contributed by atoms with E-state index in [0.717, 1.165) is 24.2 Å². The third kappa shape index (κ3) is 3.02. The van der Waals surface area contributed by atoms with Crippen LogP contribution in [0.1, 0.15) is 40.5 Å². The molecule has 0 radical (unpaired) electrons. The quantitative estimate of drug-likeness (QED) is 0.516. The van der Waals surface area contributed by atoms with Crippen LogP contribution in [0, 0.1) is 0 Å². The van der Waals surface area contributed by atoms with Gasteiger partial charge in [-0.2, -0.15) is 0 Å². The van der Waals surface area contributed by atoms with Crippen LogP contribution >= 0.6 is 11.8 Å². The van der Waals surface area contributed by atoms with Crippen LogP contribution in [0.4, 0.5) is 0 Å². The smallest absolute Gasteiger partial charge is 0.337 e. The Kier molecular flexibility index (Phi) is 3.83. The Morgan fingerprint density at radius 3 is 3.00 bits per heavy atom. The summed E-state index contributed by atoms with van der Waals surface area (Å²) in [7, 11) is 1.38. The number of hydrogen-bond acceptors (Lipinski definition) is 6. The van der Waals surface area contributed by atoms with E-state index in [1.54, 1.807) is 10.7 Å². The molecule has 1 aliphatic rings. The molecule has 2 N–H and O–H groups in total. The maximum atomic E-state index is 11.5. The molecule has 1 saturated carbocycles. The fourth-order valence-corrected chi connectivity index (χ4v) is 2.87. The second-order valence-corrected chi connectivity index (χ2v) is 5.91. The van der Waals surface area contributed by atoms with Gasteiger partial charge >= 0.3 is 5.97 Å². The highest BCUT2D eigenvalue weighted by atomic mass is 32.2. The summed E-state index contributed by atoms with van der Waals surface area (Å²) < 4.78 is 6.29. The van der Waals surface area contributed by atoms with Gasteiger partial charge < -0.3 is 10.6 Å². The minimum atomic E-state index is -0.333. The lowest BCUT2D eigenvalue weighted by atomic mass is 10.1. The van der Waals surface area contributed by atoms with Gasteiger partial charge in [-0.1, -0.05) is 23.9 Å². The summed E-state index contributed by atoms with van der Waals surface area (Å²) in [5.74, 6) is 7.68. The maximum absolute atomic E-state index is 11.5. The first kappa shape index (κ1) is 13.9. The van der Waals surface area contributed by atoms with E-state index in [9.17, 15) is 4.79 Å². The van der Waals surface area contributed by atoms with Gasteiger partial charge in [0.1, 0.15) is 0 Å². The maximum Gasteiger partial charge on any atom is 0.337 e. The molecular weight excluding hydrogens is 288 g/mol. The molecular formula is C14H16N4O2S. The first-order chi connectivity index (χ1) is 10.2. The van der Waals surface area contributed by atoms with Gasteiger partial charge in [-0.05, 0) is 30.5 Å². The summed E-state index contributed by atoms with van der Waals surface area (Å²) in [4.78, 5) is 11.5. The highest BCUT2D eigenvalue weighted by Gasteiger charge is 2.29. The molecule has 0 aliphatic heterocycles. The summed E-state index contributed by atoms with van der Waals surface area (Å²) in [6, 6.07) is 7.35. The van der Waals surface area contributed by atoms with E-state index in [0.29, 0.717) is 22.4 Å². The highest BCUT2D eigenvalue weighted by Crippen LogP contribution is 2.39. The van der Waals surface area contributed by atoms with E-state index in [2.05, 4.69) is 10.2 Å². The van der Waals surface area contributed by atoms with Crippen LogP contribution in [0.2, 0.25) is 0 Å². The Bertz CT molecular complexity index is 667. The van der Waals surface area contributed by atoms with E-state index < -0.39 is 0 Å². The lowest BCUT2D eigenvalue weighted by Gasteiger charge is -2.04. The first-order valence-electron chi connectivity index (χ1n) is 6.69. The van der Waals surface area contributed by atoms with Crippen molar-refractivity contribution in [1.29, 1.82) is 0 Å². The number of carbonyl (C=O) groups excluding carboxylic acids is 1. The number of thioether (sulfide) groups is 1. The molecule has 1 aromatic carbocycles. The SMILES string of the molecule is COC(=O)c1cccc(CSc2nnc(C3CC3)n2N)c1. The number of hydrogen-bond donors (Lipinski definition) is 1. The van der Waals surface area contributed by atoms with Gasteiger partial charge in [0.15, 0.2) is 5.82 Å². The normalized spacial score (nSPS) is 14.1. The third-order valence-electron chi connectivity index (χ3n) is 3.35. The molecule has 2 aromatic rings. The Labute approximate surface area is 126 Å². The summed E-state index contributed by atoms with van der Waals surface area (Å²) in [6.45, 7) is 0. The number of methoxy groups -OCH3 is 1. The number of nitrogens with two attached hydrogens (primary N) is 1. The van der Waals surface area contributed by atoms with Crippen LogP contribution in [-0.2, 0) is 10.5 Å². The molecule has 0 unspecified atom stereocenters. The zero-order chi connectivity index (χ0) is 14.8. The molecule has 0 bridgehead atoms. The molecule has 3 rings (SSSR count). The van der Waals surface area contributed by atoms with Crippen LogP contribution < -0.4 is 5.84 Å². The number of nitrogen functional groups attached to an aromatic ring is 1. The monoisotopic (exact) mass is 304 g/mol. The standard InChI is InChI=1S/C14H16N4O2S/c1-20-13(19)11-4-2-3-9(7-11)8-21-14-17-16-12(18(14)15)10-5-6-10/h2-4,7,10H,5-6,8,15H2,1H3. The fraction of sp³-hybridized carbons (Fsp3) is 0.357. The molecule has 0 spiro atoms.